The van der Waals surface area contributed by atoms with Crippen LogP contribution >= 0.6 is 11.5 Å². The van der Waals surface area contributed by atoms with E-state index in [2.05, 4.69) is 62.5 Å². The molecule has 3 heterocycles. The Hall–Kier alpha value is -2.52. The third-order valence-electron chi connectivity index (χ3n) is 6.80. The lowest BCUT2D eigenvalue weighted by Crippen LogP contribution is -2.47. The number of nitrogens with zero attached hydrogens (tertiary/aromatic N) is 4. The number of rotatable bonds is 9. The number of aromatic nitrogens is 1. The van der Waals surface area contributed by atoms with Gasteiger partial charge in [0, 0.05) is 64.9 Å². The van der Waals surface area contributed by atoms with Gasteiger partial charge in [-0.25, -0.2) is 0 Å². The van der Waals surface area contributed by atoms with Crippen molar-refractivity contribution in [2.75, 3.05) is 64.4 Å². The maximum Gasteiger partial charge on any atom is 0.234 e. The summed E-state index contributed by atoms with van der Waals surface area (Å²) in [5.74, 6) is 1.21. The van der Waals surface area contributed by atoms with Crippen LogP contribution in [-0.4, -0.2) is 79.6 Å². The highest BCUT2D eigenvalue weighted by molar-refractivity contribution is 7.13. The molecule has 0 spiro atoms. The average molecular weight is 480 g/mol. The van der Waals surface area contributed by atoms with Gasteiger partial charge in [0.15, 0.2) is 0 Å². The second kappa shape index (κ2) is 10.8. The molecule has 180 valence electrons. The van der Waals surface area contributed by atoms with E-state index in [0.29, 0.717) is 19.7 Å². The first-order valence-electron chi connectivity index (χ1n) is 12.1. The summed E-state index contributed by atoms with van der Waals surface area (Å²) in [5, 5.41) is 4.19. The van der Waals surface area contributed by atoms with Crippen LogP contribution in [0.15, 0.2) is 42.5 Å². The molecule has 2 aliphatic heterocycles. The van der Waals surface area contributed by atoms with Gasteiger partial charge in [-0.05, 0) is 46.8 Å². The highest BCUT2D eigenvalue weighted by Crippen LogP contribution is 2.30. The van der Waals surface area contributed by atoms with E-state index in [9.17, 15) is 4.79 Å². The molecule has 2 aromatic carbocycles. The number of piperazine rings is 1. The number of fused-ring (bicyclic) bond motifs is 2. The van der Waals surface area contributed by atoms with Crippen molar-refractivity contribution in [3.05, 3.63) is 59.2 Å². The Labute approximate surface area is 205 Å². The van der Waals surface area contributed by atoms with Crippen LogP contribution in [0.3, 0.4) is 0 Å². The number of carbonyl (C=O) groups excluding carboxylic acids is 1. The van der Waals surface area contributed by atoms with E-state index in [-0.39, 0.29) is 5.91 Å². The number of ether oxygens (including phenoxy) is 1. The van der Waals surface area contributed by atoms with Crippen molar-refractivity contribution in [2.45, 2.75) is 19.5 Å². The summed E-state index contributed by atoms with van der Waals surface area (Å²) in [6.45, 7) is 8.52. The Morgan fingerprint density at radius 1 is 1.06 bits per heavy atom. The second-order valence-corrected chi connectivity index (χ2v) is 9.98. The Kier molecular flexibility index (Phi) is 7.39. The molecule has 1 fully saturated rings. The zero-order chi connectivity index (χ0) is 23.3. The lowest BCUT2D eigenvalue weighted by Gasteiger charge is -2.35. The smallest absolute Gasteiger partial charge is 0.234 e. The van der Waals surface area contributed by atoms with Crippen molar-refractivity contribution in [1.82, 2.24) is 19.5 Å². The van der Waals surface area contributed by atoms with Crippen LogP contribution in [-0.2, 0) is 29.0 Å². The minimum atomic E-state index is 0.0647. The van der Waals surface area contributed by atoms with Gasteiger partial charge in [-0.15, -0.1) is 0 Å². The van der Waals surface area contributed by atoms with Crippen molar-refractivity contribution in [1.29, 1.82) is 0 Å². The lowest BCUT2D eigenvalue weighted by molar-refractivity contribution is -0.122. The molecule has 7 nitrogen and oxygen atoms in total. The maximum atomic E-state index is 12.1. The molecule has 0 unspecified atom stereocenters. The Balaban J connectivity index is 1.08. The maximum absolute atomic E-state index is 12.1. The zero-order valence-electron chi connectivity index (χ0n) is 19.8. The number of nitrogens with one attached hydrogen (secondary N) is 1. The molecule has 0 radical (unpaired) electrons. The van der Waals surface area contributed by atoms with Crippen molar-refractivity contribution < 1.29 is 9.53 Å². The molecule has 8 heteroatoms. The summed E-state index contributed by atoms with van der Waals surface area (Å²) >= 11 is 1.60. The van der Waals surface area contributed by atoms with Crippen molar-refractivity contribution >= 4 is 33.3 Å². The van der Waals surface area contributed by atoms with Crippen LogP contribution in [0.4, 0.5) is 5.82 Å². The Morgan fingerprint density at radius 2 is 1.88 bits per heavy atom. The number of amides is 1. The number of carbonyl (C=O) groups is 1. The van der Waals surface area contributed by atoms with Crippen LogP contribution in [0.5, 0.6) is 0 Å². The third kappa shape index (κ3) is 5.41. The second-order valence-electron chi connectivity index (χ2n) is 9.17. The van der Waals surface area contributed by atoms with Gasteiger partial charge >= 0.3 is 0 Å². The van der Waals surface area contributed by atoms with Gasteiger partial charge in [0.05, 0.1) is 17.9 Å². The molecule has 0 atom stereocenters. The molecular weight excluding hydrogens is 446 g/mol. The molecule has 0 aliphatic carbocycles. The molecule has 5 rings (SSSR count). The number of anilines is 1. The predicted molar refractivity (Wildman–Crippen MR) is 137 cm³/mol. The quantitative estimate of drug-likeness (QED) is 0.477. The first kappa shape index (κ1) is 23.2. The van der Waals surface area contributed by atoms with Gasteiger partial charge < -0.3 is 15.0 Å². The van der Waals surface area contributed by atoms with Crippen molar-refractivity contribution in [3.63, 3.8) is 0 Å². The summed E-state index contributed by atoms with van der Waals surface area (Å²) in [4.78, 5) is 19.3. The Morgan fingerprint density at radius 3 is 2.74 bits per heavy atom. The summed E-state index contributed by atoms with van der Waals surface area (Å²) in [6, 6.07) is 15.4. The number of hydrogen-bond donors (Lipinski definition) is 1. The number of hydrogen-bond acceptors (Lipinski definition) is 7. The van der Waals surface area contributed by atoms with Gasteiger partial charge in [0.1, 0.15) is 5.82 Å². The van der Waals surface area contributed by atoms with E-state index < -0.39 is 0 Å². The highest BCUT2D eigenvalue weighted by Gasteiger charge is 2.22. The molecule has 1 aromatic heterocycles. The largest absolute Gasteiger partial charge is 0.383 e. The van der Waals surface area contributed by atoms with E-state index in [4.69, 9.17) is 9.11 Å². The molecular formula is C26H33N5O2S. The summed E-state index contributed by atoms with van der Waals surface area (Å²) < 4.78 is 11.0. The molecule has 3 aromatic rings. The highest BCUT2D eigenvalue weighted by atomic mass is 32.1. The van der Waals surface area contributed by atoms with Gasteiger partial charge in [-0.1, -0.05) is 30.3 Å². The van der Waals surface area contributed by atoms with E-state index in [1.165, 1.54) is 26.8 Å². The van der Waals surface area contributed by atoms with Crippen LogP contribution < -0.4 is 10.2 Å². The topological polar surface area (TPSA) is 60.9 Å². The van der Waals surface area contributed by atoms with E-state index in [1.807, 2.05) is 0 Å². The predicted octanol–water partition coefficient (Wildman–Crippen LogP) is 2.74. The van der Waals surface area contributed by atoms with Gasteiger partial charge in [-0.2, -0.15) is 4.37 Å². The first-order valence-corrected chi connectivity index (χ1v) is 12.9. The third-order valence-corrected chi connectivity index (χ3v) is 7.62. The SMILES string of the molecule is COCCNC(=O)CN1Cc2ccc(CCN3CCN(c4nsc5ccccc45)CC3)cc2C1. The first-order chi connectivity index (χ1) is 16.7. The van der Waals surface area contributed by atoms with Crippen LogP contribution in [0.1, 0.15) is 16.7 Å². The van der Waals surface area contributed by atoms with E-state index >= 15 is 0 Å². The minimum Gasteiger partial charge on any atom is -0.383 e. The number of methoxy groups -OCH3 is 1. The van der Waals surface area contributed by atoms with Crippen LogP contribution in [0.25, 0.3) is 10.1 Å². The van der Waals surface area contributed by atoms with Gasteiger partial charge in [-0.3, -0.25) is 14.6 Å². The normalized spacial score (nSPS) is 16.8. The fourth-order valence-corrected chi connectivity index (χ4v) is 5.70. The minimum absolute atomic E-state index is 0.0647. The fraction of sp³-hybridized carbons (Fsp3) is 0.462. The molecule has 2 aliphatic rings. The number of benzene rings is 2. The summed E-state index contributed by atoms with van der Waals surface area (Å²) in [6.07, 6.45) is 1.06. The van der Waals surface area contributed by atoms with E-state index in [1.54, 1.807) is 18.6 Å². The molecule has 1 saturated heterocycles. The van der Waals surface area contributed by atoms with Crippen molar-refractivity contribution in [2.24, 2.45) is 0 Å². The Bertz CT molecular complexity index is 1130. The molecule has 0 saturated carbocycles. The molecule has 1 amide bonds. The van der Waals surface area contributed by atoms with Gasteiger partial charge in [0.25, 0.3) is 0 Å². The zero-order valence-corrected chi connectivity index (χ0v) is 20.6. The summed E-state index contributed by atoms with van der Waals surface area (Å²) in [7, 11) is 1.64. The summed E-state index contributed by atoms with van der Waals surface area (Å²) in [5.41, 5.74) is 4.10. The van der Waals surface area contributed by atoms with Crippen LogP contribution in [0.2, 0.25) is 0 Å². The molecule has 0 bridgehead atoms. The average Bonchev–Trinajstić information content (AvgIpc) is 3.46. The molecule has 1 N–H and O–H groups in total. The van der Waals surface area contributed by atoms with Crippen LogP contribution in [0, 0.1) is 0 Å². The lowest BCUT2D eigenvalue weighted by atomic mass is 10.0. The standard InChI is InChI=1S/C26H33N5O2S/c1-33-15-9-27-25(32)19-30-17-21-7-6-20(16-22(21)18-30)8-10-29-11-13-31(14-12-29)26-23-4-2-3-5-24(23)34-28-26/h2-7,16H,8-15,17-19H2,1H3,(H,27,32). The van der Waals surface area contributed by atoms with Crippen molar-refractivity contribution in [3.8, 4) is 0 Å². The molecule has 34 heavy (non-hydrogen) atoms. The van der Waals surface area contributed by atoms with Gasteiger partial charge in [0.2, 0.25) is 5.91 Å². The monoisotopic (exact) mass is 479 g/mol. The van der Waals surface area contributed by atoms with E-state index in [0.717, 1.165) is 58.1 Å². The fourth-order valence-electron chi connectivity index (χ4n) is 4.91.